The lowest BCUT2D eigenvalue weighted by atomic mass is 9.98. The van der Waals surface area contributed by atoms with E-state index in [4.69, 9.17) is 47.0 Å². The summed E-state index contributed by atoms with van der Waals surface area (Å²) in [6.07, 6.45) is -6.52. The van der Waals surface area contributed by atoms with E-state index in [-0.39, 0.29) is 45.1 Å². The zero-order valence-corrected chi connectivity index (χ0v) is 29.4. The molecule has 2 heterocycles. The fourth-order valence-corrected chi connectivity index (χ4v) is 5.26. The van der Waals surface area contributed by atoms with Crippen molar-refractivity contribution in [3.8, 4) is 34.1 Å². The molecule has 1 aliphatic rings. The summed E-state index contributed by atoms with van der Waals surface area (Å²) in [6, 6.07) is 6.32. The predicted molar refractivity (Wildman–Crippen MR) is 174 cm³/mol. The maximum Gasteiger partial charge on any atom is 0.308 e. The van der Waals surface area contributed by atoms with Crippen LogP contribution in [0.4, 0.5) is 0 Å². The number of fused-ring (bicyclic) bond motifs is 1. The highest BCUT2D eigenvalue weighted by Crippen LogP contribution is 2.37. The first-order valence-electron chi connectivity index (χ1n) is 15.7. The third kappa shape index (κ3) is 10.2. The Bertz CT molecular complexity index is 2010. The zero-order chi connectivity index (χ0) is 39.1. The van der Waals surface area contributed by atoms with E-state index in [0.717, 1.165) is 60.8 Å². The van der Waals surface area contributed by atoms with Gasteiger partial charge in [0.2, 0.25) is 17.8 Å². The highest BCUT2D eigenvalue weighted by atomic mass is 16.7. The van der Waals surface area contributed by atoms with Gasteiger partial charge in [0.05, 0.1) is 5.56 Å². The highest BCUT2D eigenvalue weighted by Gasteiger charge is 2.53. The highest BCUT2D eigenvalue weighted by molar-refractivity contribution is 5.90. The van der Waals surface area contributed by atoms with Crippen molar-refractivity contribution >= 4 is 52.8 Å². The average molecular weight is 743 g/mol. The summed E-state index contributed by atoms with van der Waals surface area (Å²) < 4.78 is 54.7. The second-order valence-electron chi connectivity index (χ2n) is 11.4. The molecule has 2 aromatic carbocycles. The van der Waals surface area contributed by atoms with E-state index < -0.39 is 84.5 Å². The largest absolute Gasteiger partial charge is 0.463 e. The average Bonchev–Trinajstić information content (AvgIpc) is 3.02. The Labute approximate surface area is 300 Å². The van der Waals surface area contributed by atoms with Crippen LogP contribution in [0, 0.1) is 0 Å². The molecular weight excluding hydrogens is 708 g/mol. The SMILES string of the molecule is CC(=O)OC[C@H]1O[C@@H](Oc2cc(OC(C)=O)c3c(=O)c(-c4ccc(OC(C)=O)c(OC(C)=O)c4)coc3c2)[C@@H](OC(C)=O)[C@@H](OC(C)=O)[C@H]1OC(C)=O. The number of hydrogen-bond donors (Lipinski definition) is 0. The lowest BCUT2D eigenvalue weighted by molar-refractivity contribution is -0.288. The molecule has 3 aromatic rings. The second kappa shape index (κ2) is 16.8. The lowest BCUT2D eigenvalue weighted by Crippen LogP contribution is -2.63. The Kier molecular flexibility index (Phi) is 12.5. The van der Waals surface area contributed by atoms with Crippen LogP contribution in [0.15, 0.2) is 45.8 Å². The van der Waals surface area contributed by atoms with Gasteiger partial charge >= 0.3 is 41.8 Å². The lowest BCUT2D eigenvalue weighted by Gasteiger charge is -2.43. The topological polar surface area (TPSA) is 233 Å². The van der Waals surface area contributed by atoms with Crippen LogP contribution >= 0.6 is 0 Å². The van der Waals surface area contributed by atoms with E-state index in [9.17, 15) is 38.4 Å². The summed E-state index contributed by atoms with van der Waals surface area (Å²) in [7, 11) is 0. The number of carbonyl (C=O) groups is 7. The molecule has 0 bridgehead atoms. The molecule has 1 fully saturated rings. The van der Waals surface area contributed by atoms with E-state index >= 15 is 0 Å². The van der Waals surface area contributed by atoms with Crippen LogP contribution in [-0.2, 0) is 57.2 Å². The van der Waals surface area contributed by atoms with E-state index in [2.05, 4.69) is 0 Å². The Hall–Kier alpha value is -6.30. The van der Waals surface area contributed by atoms with E-state index in [1.165, 1.54) is 24.3 Å². The molecule has 53 heavy (non-hydrogen) atoms. The van der Waals surface area contributed by atoms with E-state index in [1.807, 2.05) is 0 Å². The van der Waals surface area contributed by atoms with Gasteiger partial charge in [0.15, 0.2) is 23.7 Å². The van der Waals surface area contributed by atoms with E-state index in [0.29, 0.717) is 0 Å². The molecule has 0 aliphatic carbocycles. The number of benzene rings is 2. The van der Waals surface area contributed by atoms with Gasteiger partial charge in [-0.25, -0.2) is 0 Å². The second-order valence-corrected chi connectivity index (χ2v) is 11.4. The van der Waals surface area contributed by atoms with Crippen molar-refractivity contribution in [1.82, 2.24) is 0 Å². The maximum absolute atomic E-state index is 13.9. The zero-order valence-electron chi connectivity index (χ0n) is 29.4. The molecule has 0 spiro atoms. The smallest absolute Gasteiger partial charge is 0.308 e. The molecule has 4 rings (SSSR count). The minimum Gasteiger partial charge on any atom is -0.463 e. The first-order chi connectivity index (χ1) is 24.9. The van der Waals surface area contributed by atoms with Gasteiger partial charge in [-0.15, -0.1) is 0 Å². The maximum atomic E-state index is 13.9. The molecular formula is C35H34O18. The standard InChI is InChI=1S/C35H34O18/c1-15(36)44-14-29-32(49-19(5)40)33(50-20(6)41)34(51-21(7)42)35(53-29)52-23-11-27-30(28(12-23)48-18(4)39)31(43)24(13-45-27)22-8-9-25(46-16(2)37)26(10-22)47-17(3)38/h8-13,29,32-35H,14H2,1-7H3/t29-,32+,33+,34+,35-/m1/s1. The first-order valence-corrected chi connectivity index (χ1v) is 15.7. The number of ether oxygens (including phenoxy) is 9. The van der Waals surface area contributed by atoms with Crippen LogP contribution < -0.4 is 24.4 Å². The normalized spacial score (nSPS) is 19.3. The van der Waals surface area contributed by atoms with Crippen molar-refractivity contribution in [3.63, 3.8) is 0 Å². The fraction of sp³-hybridized carbons (Fsp3) is 0.371. The predicted octanol–water partition coefficient (Wildman–Crippen LogP) is 2.70. The summed E-state index contributed by atoms with van der Waals surface area (Å²) in [5.41, 5.74) is -0.799. The molecule has 0 saturated carbocycles. The van der Waals surface area contributed by atoms with E-state index in [1.54, 1.807) is 0 Å². The first kappa shape index (κ1) is 39.5. The van der Waals surface area contributed by atoms with Gasteiger partial charge < -0.3 is 47.0 Å². The Morgan fingerprint density at radius 2 is 1.19 bits per heavy atom. The molecule has 1 aliphatic heterocycles. The van der Waals surface area contributed by atoms with Gasteiger partial charge in [0.1, 0.15) is 41.4 Å². The molecule has 1 saturated heterocycles. The van der Waals surface area contributed by atoms with Crippen molar-refractivity contribution in [3.05, 3.63) is 46.8 Å². The van der Waals surface area contributed by atoms with Crippen molar-refractivity contribution in [2.45, 2.75) is 79.2 Å². The Balaban J connectivity index is 1.83. The van der Waals surface area contributed by atoms with Crippen molar-refractivity contribution in [1.29, 1.82) is 0 Å². The van der Waals surface area contributed by atoms with Crippen molar-refractivity contribution in [2.24, 2.45) is 0 Å². The molecule has 18 nitrogen and oxygen atoms in total. The quantitative estimate of drug-likeness (QED) is 0.156. The Morgan fingerprint density at radius 3 is 1.77 bits per heavy atom. The Morgan fingerprint density at radius 1 is 0.623 bits per heavy atom. The van der Waals surface area contributed by atoms with Gasteiger partial charge in [-0.3, -0.25) is 38.4 Å². The minimum absolute atomic E-state index is 0.0815. The van der Waals surface area contributed by atoms with Crippen LogP contribution in [-0.4, -0.2) is 79.1 Å². The summed E-state index contributed by atoms with van der Waals surface area (Å²) in [5.74, 6) is -6.35. The van der Waals surface area contributed by atoms with Gasteiger partial charge in [-0.2, -0.15) is 0 Å². The summed E-state index contributed by atoms with van der Waals surface area (Å²) in [5, 5.41) is -0.232. The van der Waals surface area contributed by atoms with Gasteiger partial charge in [-0.05, 0) is 17.7 Å². The molecule has 0 N–H and O–H groups in total. The van der Waals surface area contributed by atoms with Crippen LogP contribution in [0.5, 0.6) is 23.0 Å². The fourth-order valence-electron chi connectivity index (χ4n) is 5.26. The molecule has 1 aromatic heterocycles. The molecule has 282 valence electrons. The van der Waals surface area contributed by atoms with Gasteiger partial charge in [-0.1, -0.05) is 6.07 Å². The van der Waals surface area contributed by atoms with Gasteiger partial charge in [0.25, 0.3) is 0 Å². The molecule has 0 unspecified atom stereocenters. The molecule has 5 atom stereocenters. The van der Waals surface area contributed by atoms with Crippen LogP contribution in [0.3, 0.4) is 0 Å². The van der Waals surface area contributed by atoms with Crippen LogP contribution in [0.1, 0.15) is 48.5 Å². The number of esters is 7. The molecule has 18 heteroatoms. The van der Waals surface area contributed by atoms with Crippen molar-refractivity contribution in [2.75, 3.05) is 6.61 Å². The summed E-state index contributed by atoms with van der Waals surface area (Å²) in [4.78, 5) is 97.6. The van der Waals surface area contributed by atoms with Crippen LogP contribution in [0.25, 0.3) is 22.1 Å². The number of carbonyl (C=O) groups excluding carboxylic acids is 7. The van der Waals surface area contributed by atoms with Crippen LogP contribution in [0.2, 0.25) is 0 Å². The molecule has 0 amide bonds. The third-order valence-electron chi connectivity index (χ3n) is 7.03. The summed E-state index contributed by atoms with van der Waals surface area (Å²) >= 11 is 0. The number of rotatable bonds is 11. The third-order valence-corrected chi connectivity index (χ3v) is 7.03. The minimum atomic E-state index is -1.67. The van der Waals surface area contributed by atoms with Crippen molar-refractivity contribution < 1.29 is 80.6 Å². The molecule has 0 radical (unpaired) electrons. The number of hydrogen-bond acceptors (Lipinski definition) is 18. The van der Waals surface area contributed by atoms with Gasteiger partial charge in [0, 0.05) is 60.6 Å². The monoisotopic (exact) mass is 742 g/mol. The summed E-state index contributed by atoms with van der Waals surface area (Å²) in [6.45, 7) is 7.11.